The number of rotatable bonds is 8. The monoisotopic (exact) mass is 480 g/mol. The van der Waals surface area contributed by atoms with Crippen LogP contribution in [-0.4, -0.2) is 10.8 Å². The van der Waals surface area contributed by atoms with E-state index in [-0.39, 0.29) is 23.8 Å². The minimum atomic E-state index is -0.518. The molecule has 33 heavy (non-hydrogen) atoms. The normalized spacial score (nSPS) is 10.6. The van der Waals surface area contributed by atoms with Gasteiger partial charge in [-0.2, -0.15) is 0 Å². The van der Waals surface area contributed by atoms with Crippen LogP contribution in [0.5, 0.6) is 5.75 Å². The maximum Gasteiger partial charge on any atom is 0.310 e. The molecule has 0 aliphatic heterocycles. The summed E-state index contributed by atoms with van der Waals surface area (Å²) in [7, 11) is 0. The van der Waals surface area contributed by atoms with E-state index in [4.69, 9.17) is 20.8 Å². The molecule has 1 amide bonds. The van der Waals surface area contributed by atoms with Gasteiger partial charge in [0.2, 0.25) is 0 Å². The second kappa shape index (κ2) is 10.2. The molecular formula is C24H17ClN2O5S. The lowest BCUT2D eigenvalue weighted by Crippen LogP contribution is -2.11. The van der Waals surface area contributed by atoms with Crippen LogP contribution in [0.15, 0.2) is 99.1 Å². The van der Waals surface area contributed by atoms with E-state index in [1.807, 2.05) is 42.5 Å². The molecule has 0 aliphatic rings. The number of hydrogen-bond donors (Lipinski definition) is 1. The van der Waals surface area contributed by atoms with Crippen molar-refractivity contribution in [2.24, 2.45) is 0 Å². The molecule has 0 spiro atoms. The van der Waals surface area contributed by atoms with Crippen molar-refractivity contribution in [3.63, 3.8) is 0 Å². The van der Waals surface area contributed by atoms with Crippen molar-refractivity contribution in [3.05, 3.63) is 112 Å². The van der Waals surface area contributed by atoms with Crippen LogP contribution in [-0.2, 0) is 6.61 Å². The van der Waals surface area contributed by atoms with E-state index in [2.05, 4.69) is 5.32 Å². The van der Waals surface area contributed by atoms with Gasteiger partial charge < -0.3 is 14.5 Å². The molecular weight excluding hydrogens is 464 g/mol. The molecule has 3 aromatic carbocycles. The van der Waals surface area contributed by atoms with Gasteiger partial charge in [0.25, 0.3) is 5.91 Å². The lowest BCUT2D eigenvalue weighted by atomic mass is 10.3. The van der Waals surface area contributed by atoms with E-state index in [9.17, 15) is 14.9 Å². The fourth-order valence-electron chi connectivity index (χ4n) is 2.93. The van der Waals surface area contributed by atoms with Crippen LogP contribution in [0, 0.1) is 10.1 Å². The summed E-state index contributed by atoms with van der Waals surface area (Å²) >= 11 is 7.44. The Morgan fingerprint density at radius 1 is 1.00 bits per heavy atom. The number of para-hydroxylation sites is 3. The number of amides is 1. The number of nitrogens with zero attached hydrogens (tertiary/aromatic N) is 1. The maximum absolute atomic E-state index is 12.7. The smallest absolute Gasteiger partial charge is 0.310 e. The first-order valence-corrected chi connectivity index (χ1v) is 11.0. The Kier molecular flexibility index (Phi) is 6.97. The number of carbonyl (C=O) groups is 1. The number of nitrogens with one attached hydrogen (secondary N) is 1. The molecule has 9 heteroatoms. The van der Waals surface area contributed by atoms with Crippen molar-refractivity contribution in [3.8, 4) is 5.75 Å². The minimum Gasteiger partial charge on any atom is -0.479 e. The third-order valence-electron chi connectivity index (χ3n) is 4.49. The summed E-state index contributed by atoms with van der Waals surface area (Å²) < 4.78 is 11.1. The first-order valence-electron chi connectivity index (χ1n) is 9.78. The van der Waals surface area contributed by atoms with E-state index in [1.54, 1.807) is 24.3 Å². The van der Waals surface area contributed by atoms with E-state index in [1.165, 1.54) is 30.0 Å². The highest BCUT2D eigenvalue weighted by Gasteiger charge is 2.17. The van der Waals surface area contributed by atoms with Gasteiger partial charge in [0.1, 0.15) is 12.4 Å². The molecule has 0 fully saturated rings. The molecule has 4 rings (SSSR count). The molecule has 1 N–H and O–H groups in total. The molecule has 7 nitrogen and oxygen atoms in total. The van der Waals surface area contributed by atoms with Gasteiger partial charge in [0, 0.05) is 20.9 Å². The third-order valence-corrected chi connectivity index (χ3v) is 5.83. The summed E-state index contributed by atoms with van der Waals surface area (Å²) in [5, 5.41) is 14.6. The first-order chi connectivity index (χ1) is 16.0. The Bertz CT molecular complexity index is 1290. The number of carbonyl (C=O) groups excluding carboxylic acids is 1. The van der Waals surface area contributed by atoms with Crippen molar-refractivity contribution < 1.29 is 18.9 Å². The summed E-state index contributed by atoms with van der Waals surface area (Å²) in [4.78, 5) is 25.2. The molecule has 0 radical (unpaired) electrons. The number of furan rings is 1. The molecule has 0 aliphatic carbocycles. The number of ether oxygens (including phenoxy) is 1. The zero-order valence-corrected chi connectivity index (χ0v) is 18.6. The fourth-order valence-corrected chi connectivity index (χ4v) is 3.96. The number of anilines is 1. The predicted octanol–water partition coefficient (Wildman–Crippen LogP) is 6.82. The third kappa shape index (κ3) is 5.74. The number of nitro benzene ring substituents is 1. The highest BCUT2D eigenvalue weighted by atomic mass is 35.5. The molecule has 0 unspecified atom stereocenters. The van der Waals surface area contributed by atoms with Gasteiger partial charge in [-0.3, -0.25) is 14.9 Å². The summed E-state index contributed by atoms with van der Waals surface area (Å²) in [5.74, 6) is 0.165. The molecule has 0 saturated heterocycles. The maximum atomic E-state index is 12.7. The Morgan fingerprint density at radius 2 is 1.73 bits per heavy atom. The van der Waals surface area contributed by atoms with Crippen molar-refractivity contribution in [2.45, 2.75) is 16.4 Å². The second-order valence-electron chi connectivity index (χ2n) is 6.79. The van der Waals surface area contributed by atoms with Crippen LogP contribution in [0.2, 0.25) is 5.02 Å². The zero-order valence-electron chi connectivity index (χ0n) is 17.1. The molecule has 1 aromatic heterocycles. The van der Waals surface area contributed by atoms with Crippen molar-refractivity contribution in [1.29, 1.82) is 0 Å². The van der Waals surface area contributed by atoms with Crippen LogP contribution in [0.4, 0.5) is 11.4 Å². The quantitative estimate of drug-likeness (QED) is 0.219. The van der Waals surface area contributed by atoms with Gasteiger partial charge >= 0.3 is 5.69 Å². The number of halogens is 1. The average molecular weight is 481 g/mol. The lowest BCUT2D eigenvalue weighted by Gasteiger charge is -2.10. The van der Waals surface area contributed by atoms with Gasteiger partial charge in [-0.05, 0) is 54.6 Å². The van der Waals surface area contributed by atoms with Gasteiger partial charge in [-0.1, -0.05) is 47.6 Å². The SMILES string of the molecule is O=C(Nc1ccccc1Sc1ccc(Cl)cc1)c1ccc(COc2ccccc2[N+](=O)[O-])o1. The van der Waals surface area contributed by atoms with Crippen LogP contribution in [0.25, 0.3) is 0 Å². The average Bonchev–Trinajstić information content (AvgIpc) is 3.30. The predicted molar refractivity (Wildman–Crippen MR) is 126 cm³/mol. The second-order valence-corrected chi connectivity index (χ2v) is 8.34. The molecule has 0 saturated carbocycles. The van der Waals surface area contributed by atoms with Crippen molar-refractivity contribution in [2.75, 3.05) is 5.32 Å². The zero-order chi connectivity index (χ0) is 23.2. The summed E-state index contributed by atoms with van der Waals surface area (Å²) in [6, 6.07) is 24.0. The van der Waals surface area contributed by atoms with E-state index in [0.717, 1.165) is 9.79 Å². The van der Waals surface area contributed by atoms with E-state index < -0.39 is 10.8 Å². The van der Waals surface area contributed by atoms with Crippen LogP contribution in [0.1, 0.15) is 16.3 Å². The molecule has 0 bridgehead atoms. The summed E-state index contributed by atoms with van der Waals surface area (Å²) in [5.41, 5.74) is 0.494. The topological polar surface area (TPSA) is 94.6 Å². The van der Waals surface area contributed by atoms with Crippen molar-refractivity contribution >= 4 is 40.6 Å². The van der Waals surface area contributed by atoms with Gasteiger partial charge in [0.15, 0.2) is 11.5 Å². The van der Waals surface area contributed by atoms with Gasteiger partial charge in [0.05, 0.1) is 10.6 Å². The Morgan fingerprint density at radius 3 is 2.52 bits per heavy atom. The molecule has 4 aromatic rings. The molecule has 0 atom stereocenters. The highest BCUT2D eigenvalue weighted by Crippen LogP contribution is 2.34. The number of hydrogen-bond acceptors (Lipinski definition) is 6. The first kappa shape index (κ1) is 22.4. The van der Waals surface area contributed by atoms with E-state index in [0.29, 0.717) is 16.5 Å². The Hall–Kier alpha value is -3.75. The minimum absolute atomic E-state index is 0.0544. The van der Waals surface area contributed by atoms with Crippen LogP contribution >= 0.6 is 23.4 Å². The largest absolute Gasteiger partial charge is 0.479 e. The Balaban J connectivity index is 1.42. The lowest BCUT2D eigenvalue weighted by molar-refractivity contribution is -0.386. The number of benzene rings is 3. The Labute approximate surface area is 198 Å². The standard InChI is InChI=1S/C24H17ClN2O5S/c25-16-9-12-18(13-10-16)33-23-8-4-1-5-19(23)26-24(28)22-14-11-17(32-22)15-31-21-7-3-2-6-20(21)27(29)30/h1-14H,15H2,(H,26,28). The summed E-state index contributed by atoms with van der Waals surface area (Å²) in [6.45, 7) is -0.0544. The summed E-state index contributed by atoms with van der Waals surface area (Å²) in [6.07, 6.45) is 0. The highest BCUT2D eigenvalue weighted by molar-refractivity contribution is 7.99. The fraction of sp³-hybridized carbons (Fsp3) is 0.0417. The van der Waals surface area contributed by atoms with Crippen molar-refractivity contribution in [1.82, 2.24) is 0 Å². The molecule has 166 valence electrons. The van der Waals surface area contributed by atoms with E-state index >= 15 is 0 Å². The van der Waals surface area contributed by atoms with Crippen LogP contribution in [0.3, 0.4) is 0 Å². The number of nitro groups is 1. The van der Waals surface area contributed by atoms with Gasteiger partial charge in [-0.25, -0.2) is 0 Å². The van der Waals surface area contributed by atoms with Gasteiger partial charge in [-0.15, -0.1) is 0 Å². The molecule has 1 heterocycles. The van der Waals surface area contributed by atoms with Crippen LogP contribution < -0.4 is 10.1 Å².